The van der Waals surface area contributed by atoms with Gasteiger partial charge in [0.15, 0.2) is 0 Å². The molecule has 0 unspecified atom stereocenters. The maximum absolute atomic E-state index is 12.1. The zero-order chi connectivity index (χ0) is 13.5. The van der Waals surface area contributed by atoms with Gasteiger partial charge in [0.25, 0.3) is 0 Å². The molecule has 1 amide bonds. The molecule has 0 bridgehead atoms. The molecule has 1 aromatic carbocycles. The molecular weight excluding hydrogens is 273 g/mol. The highest BCUT2D eigenvalue weighted by Gasteiger charge is 2.16. The predicted molar refractivity (Wildman–Crippen MR) is 74.1 cm³/mol. The summed E-state index contributed by atoms with van der Waals surface area (Å²) in [5.74, 6) is -0.0686. The summed E-state index contributed by atoms with van der Waals surface area (Å²) in [4.78, 5) is 13.7. The minimum Gasteiger partial charge on any atom is -0.395 e. The van der Waals surface area contributed by atoms with Crippen molar-refractivity contribution < 1.29 is 9.90 Å². The Morgan fingerprint density at radius 3 is 2.39 bits per heavy atom. The number of amides is 1. The zero-order valence-electron chi connectivity index (χ0n) is 10.3. The molecule has 3 nitrogen and oxygen atoms in total. The minimum absolute atomic E-state index is 0.0397. The fourth-order valence-electron chi connectivity index (χ4n) is 1.72. The number of hydrogen-bond acceptors (Lipinski definition) is 2. The van der Waals surface area contributed by atoms with Gasteiger partial charge in [-0.05, 0) is 24.1 Å². The quantitative estimate of drug-likeness (QED) is 0.875. The van der Waals surface area contributed by atoms with Crippen molar-refractivity contribution in [3.63, 3.8) is 0 Å². The van der Waals surface area contributed by atoms with E-state index in [1.165, 1.54) is 0 Å². The van der Waals surface area contributed by atoms with Gasteiger partial charge >= 0.3 is 0 Å². The lowest BCUT2D eigenvalue weighted by atomic mass is 10.1. The average Bonchev–Trinajstić information content (AvgIpc) is 2.33. The molecule has 0 radical (unpaired) electrons. The summed E-state index contributed by atoms with van der Waals surface area (Å²) >= 11 is 12.1. The van der Waals surface area contributed by atoms with Gasteiger partial charge in [-0.25, -0.2) is 0 Å². The van der Waals surface area contributed by atoms with Gasteiger partial charge in [0.1, 0.15) is 0 Å². The van der Waals surface area contributed by atoms with E-state index in [0.29, 0.717) is 28.7 Å². The smallest absolute Gasteiger partial charge is 0.227 e. The largest absolute Gasteiger partial charge is 0.395 e. The first-order chi connectivity index (χ1) is 8.60. The van der Waals surface area contributed by atoms with Gasteiger partial charge in [0.2, 0.25) is 5.91 Å². The van der Waals surface area contributed by atoms with Crippen LogP contribution in [0.2, 0.25) is 10.0 Å². The number of rotatable bonds is 6. The van der Waals surface area contributed by atoms with Crippen LogP contribution in [0.3, 0.4) is 0 Å². The first-order valence-electron chi connectivity index (χ1n) is 5.91. The number of hydrogen-bond donors (Lipinski definition) is 1. The third-order valence-corrected chi connectivity index (χ3v) is 3.31. The van der Waals surface area contributed by atoms with E-state index < -0.39 is 0 Å². The number of aliphatic hydroxyl groups excluding tert-OH is 1. The van der Waals surface area contributed by atoms with Gasteiger partial charge in [-0.2, -0.15) is 0 Å². The Balaban J connectivity index is 2.79. The second kappa shape index (κ2) is 7.62. The number of nitrogens with zero attached hydrogens (tertiary/aromatic N) is 1. The Morgan fingerprint density at radius 2 is 1.89 bits per heavy atom. The molecule has 1 aromatic rings. The third-order valence-electron chi connectivity index (χ3n) is 2.61. The Labute approximate surface area is 117 Å². The highest BCUT2D eigenvalue weighted by Crippen LogP contribution is 2.25. The molecule has 0 atom stereocenters. The molecule has 0 fully saturated rings. The Morgan fingerprint density at radius 1 is 1.28 bits per heavy atom. The lowest BCUT2D eigenvalue weighted by Crippen LogP contribution is -2.35. The molecule has 5 heteroatoms. The number of halogens is 2. The summed E-state index contributed by atoms with van der Waals surface area (Å²) in [5.41, 5.74) is 0.643. The van der Waals surface area contributed by atoms with Crippen molar-refractivity contribution in [1.29, 1.82) is 0 Å². The molecule has 18 heavy (non-hydrogen) atoms. The van der Waals surface area contributed by atoms with Crippen molar-refractivity contribution in [2.24, 2.45) is 0 Å². The van der Waals surface area contributed by atoms with Crippen LogP contribution in [-0.4, -0.2) is 35.6 Å². The van der Waals surface area contributed by atoms with Crippen molar-refractivity contribution in [2.75, 3.05) is 19.7 Å². The van der Waals surface area contributed by atoms with Crippen molar-refractivity contribution in [1.82, 2.24) is 4.90 Å². The van der Waals surface area contributed by atoms with Crippen molar-refractivity contribution in [3.05, 3.63) is 33.8 Å². The molecule has 0 aliphatic heterocycles. The molecule has 0 saturated carbocycles. The lowest BCUT2D eigenvalue weighted by molar-refractivity contribution is -0.131. The molecule has 0 spiro atoms. The summed E-state index contributed by atoms with van der Waals surface area (Å²) in [6.07, 6.45) is 1.01. The zero-order valence-corrected chi connectivity index (χ0v) is 11.8. The molecule has 0 aliphatic carbocycles. The third kappa shape index (κ3) is 4.16. The van der Waals surface area contributed by atoms with E-state index in [0.717, 1.165) is 6.42 Å². The normalized spacial score (nSPS) is 10.4. The van der Waals surface area contributed by atoms with Crippen molar-refractivity contribution in [2.45, 2.75) is 19.8 Å². The summed E-state index contributed by atoms with van der Waals surface area (Å²) in [5, 5.41) is 9.93. The summed E-state index contributed by atoms with van der Waals surface area (Å²) in [7, 11) is 0. The fraction of sp³-hybridized carbons (Fsp3) is 0.462. The Hall–Kier alpha value is -0.770. The average molecular weight is 290 g/mol. The van der Waals surface area contributed by atoms with E-state index >= 15 is 0 Å². The molecule has 0 aromatic heterocycles. The Kier molecular flexibility index (Phi) is 6.47. The minimum atomic E-state index is -0.0686. The molecule has 0 aliphatic rings. The fourth-order valence-corrected chi connectivity index (χ4v) is 2.25. The number of aliphatic hydroxyl groups is 1. The lowest BCUT2D eigenvalue weighted by Gasteiger charge is -2.21. The highest BCUT2D eigenvalue weighted by molar-refractivity contribution is 6.36. The topological polar surface area (TPSA) is 40.5 Å². The van der Waals surface area contributed by atoms with Crippen LogP contribution < -0.4 is 0 Å². The van der Waals surface area contributed by atoms with Crippen LogP contribution in [0.1, 0.15) is 18.9 Å². The maximum Gasteiger partial charge on any atom is 0.227 e. The molecule has 100 valence electrons. The summed E-state index contributed by atoms with van der Waals surface area (Å²) in [6.45, 7) is 2.92. The number of benzene rings is 1. The second-order valence-electron chi connectivity index (χ2n) is 3.98. The standard InChI is InChI=1S/C13H17Cl2NO2/c1-2-6-16(7-8-17)13(18)9-10-11(14)4-3-5-12(10)15/h3-5,17H,2,6-9H2,1H3. The van der Waals surface area contributed by atoms with Crippen LogP contribution in [-0.2, 0) is 11.2 Å². The van der Waals surface area contributed by atoms with Crippen LogP contribution in [0.4, 0.5) is 0 Å². The highest BCUT2D eigenvalue weighted by atomic mass is 35.5. The van der Waals surface area contributed by atoms with Crippen molar-refractivity contribution >= 4 is 29.1 Å². The molecule has 1 rings (SSSR count). The van der Waals surface area contributed by atoms with Crippen LogP contribution in [0, 0.1) is 0 Å². The maximum atomic E-state index is 12.1. The SMILES string of the molecule is CCCN(CCO)C(=O)Cc1c(Cl)cccc1Cl. The summed E-state index contributed by atoms with van der Waals surface area (Å²) in [6, 6.07) is 5.18. The predicted octanol–water partition coefficient (Wildman–Crippen LogP) is 2.77. The van der Waals surface area contributed by atoms with Gasteiger partial charge in [0.05, 0.1) is 13.0 Å². The van der Waals surface area contributed by atoms with Gasteiger partial charge < -0.3 is 10.0 Å². The van der Waals surface area contributed by atoms with E-state index in [2.05, 4.69) is 0 Å². The van der Waals surface area contributed by atoms with E-state index in [4.69, 9.17) is 28.3 Å². The molecular formula is C13H17Cl2NO2. The van der Waals surface area contributed by atoms with Gasteiger partial charge in [-0.15, -0.1) is 0 Å². The molecule has 0 heterocycles. The number of carbonyl (C=O) groups is 1. The monoisotopic (exact) mass is 289 g/mol. The first-order valence-corrected chi connectivity index (χ1v) is 6.67. The van der Waals surface area contributed by atoms with E-state index in [1.54, 1.807) is 23.1 Å². The van der Waals surface area contributed by atoms with E-state index in [1.807, 2.05) is 6.92 Å². The van der Waals surface area contributed by atoms with Crippen molar-refractivity contribution in [3.8, 4) is 0 Å². The van der Waals surface area contributed by atoms with E-state index in [9.17, 15) is 4.79 Å². The van der Waals surface area contributed by atoms with Gasteiger partial charge in [0, 0.05) is 23.1 Å². The van der Waals surface area contributed by atoms with Crippen LogP contribution in [0.15, 0.2) is 18.2 Å². The summed E-state index contributed by atoms with van der Waals surface area (Å²) < 4.78 is 0. The van der Waals surface area contributed by atoms with Crippen LogP contribution >= 0.6 is 23.2 Å². The van der Waals surface area contributed by atoms with Crippen LogP contribution in [0.5, 0.6) is 0 Å². The molecule has 1 N–H and O–H groups in total. The first kappa shape index (κ1) is 15.3. The molecule has 0 saturated heterocycles. The van der Waals surface area contributed by atoms with Gasteiger partial charge in [-0.1, -0.05) is 36.2 Å². The second-order valence-corrected chi connectivity index (χ2v) is 4.80. The number of carbonyl (C=O) groups excluding carboxylic acids is 1. The van der Waals surface area contributed by atoms with Gasteiger partial charge in [-0.3, -0.25) is 4.79 Å². The van der Waals surface area contributed by atoms with Crippen LogP contribution in [0.25, 0.3) is 0 Å². The van der Waals surface area contributed by atoms with E-state index in [-0.39, 0.29) is 18.9 Å². The Bertz CT molecular complexity index is 384.